The average Bonchev–Trinajstić information content (AvgIpc) is 3.93. The van der Waals surface area contributed by atoms with Gasteiger partial charge in [0.1, 0.15) is 35.3 Å². The number of phosphoric acid groups is 3. The Bertz CT molecular complexity index is 3640. The van der Waals surface area contributed by atoms with E-state index in [1.54, 1.807) is 6.07 Å². The van der Waals surface area contributed by atoms with Gasteiger partial charge in [-0.3, -0.25) is 28.5 Å². The Morgan fingerprint density at radius 2 is 1.77 bits per heavy atom. The molecule has 0 bridgehead atoms. The van der Waals surface area contributed by atoms with Crippen LogP contribution < -0.4 is 37.1 Å². The number of aromatic carboxylic acids is 1. The zero-order valence-electron chi connectivity index (χ0n) is 45.1. The number of carbonyl (C=O) groups excluding carboxylic acids is 2. The first-order valence-corrected chi connectivity index (χ1v) is 32.3. The van der Waals surface area contributed by atoms with Gasteiger partial charge in [0.15, 0.2) is 0 Å². The molecule has 2 amide bonds. The molecule has 2 unspecified atom stereocenters. The fourth-order valence-electron chi connectivity index (χ4n) is 8.59. The van der Waals surface area contributed by atoms with Crippen LogP contribution in [0.4, 0.5) is 4.39 Å². The average molecular weight is 1250 g/mol. The summed E-state index contributed by atoms with van der Waals surface area (Å²) in [6, 6.07) is 12.6. The van der Waals surface area contributed by atoms with E-state index < -0.39 is 84.0 Å². The predicted octanol–water partition coefficient (Wildman–Crippen LogP) is 6.35. The number of amides is 2. The van der Waals surface area contributed by atoms with E-state index in [-0.39, 0.29) is 48.1 Å². The monoisotopic (exact) mass is 1250 g/mol. The number of phosphoric ester groups is 1. The van der Waals surface area contributed by atoms with Gasteiger partial charge in [0.25, 0.3) is 17.4 Å². The number of alkyl halides is 1. The van der Waals surface area contributed by atoms with Gasteiger partial charge in [-0.2, -0.15) is 8.62 Å². The van der Waals surface area contributed by atoms with Crippen molar-refractivity contribution in [1.29, 1.82) is 0 Å². The van der Waals surface area contributed by atoms with Crippen LogP contribution in [-0.4, -0.2) is 108 Å². The smallest absolute Gasteiger partial charge is 0.478 e. The molecule has 2 aliphatic heterocycles. The Balaban J connectivity index is 0.960. The standard InChI is InChI=1S/C50H59FN7O20P3S2/c1-6-10-31-23-39-37(20-29(31)3)45(38-21-30(4)32(11-7-2)24-40(38)74-39)36-22-33(14-15-35(36)48(62)63)46(60)54-17-19-82-83-28-72-18-9-13-43(59)53-16-8-12-34-26-58(49(64)55-47(34)61)44-25-41(76-50(5,51)56-57-52)42(75-44)27-73-80(68,69)78-81(70,71)77-79(65,66)67/h10,14-15,20-24,26,41-42,44H,6-7,9,11,13,16-19,25,27-28H2,1-5H3,(H,53,59)(H,54,60)(H,62,63)(H,68,69)(H,70,71)(H,55,61,64)(H2,65,66,67)/b31-10-/t41-,42-,44-,50-/m1/s1. The first kappa shape index (κ1) is 66.2. The number of nitrogens with one attached hydrogen (secondary N) is 3. The summed E-state index contributed by atoms with van der Waals surface area (Å²) in [5.74, 6) is 2.08. The molecule has 1 fully saturated rings. The van der Waals surface area contributed by atoms with Crippen LogP contribution in [0, 0.1) is 25.7 Å². The molecule has 33 heteroatoms. The highest BCUT2D eigenvalue weighted by Gasteiger charge is 2.45. The number of azide groups is 1. The number of carboxylic acid groups (broad SMARTS) is 1. The van der Waals surface area contributed by atoms with Crippen molar-refractivity contribution in [2.75, 3.05) is 38.0 Å². The fourth-order valence-corrected chi connectivity index (χ4v) is 13.2. The number of H-pyrrole nitrogens is 1. The lowest BCUT2D eigenvalue weighted by atomic mass is 9.86. The van der Waals surface area contributed by atoms with Crippen molar-refractivity contribution in [2.45, 2.75) is 97.6 Å². The van der Waals surface area contributed by atoms with Gasteiger partial charge < -0.3 is 54.3 Å². The van der Waals surface area contributed by atoms with E-state index in [1.165, 1.54) is 33.7 Å². The van der Waals surface area contributed by atoms with Crippen molar-refractivity contribution in [3.8, 4) is 23.3 Å². The first-order valence-electron chi connectivity index (χ1n) is 25.3. The third kappa shape index (κ3) is 19.0. The van der Waals surface area contributed by atoms with Crippen LogP contribution in [-0.2, 0) is 52.3 Å². The number of halogens is 1. The zero-order chi connectivity index (χ0) is 60.9. The van der Waals surface area contributed by atoms with Gasteiger partial charge in [-0.25, -0.2) is 27.7 Å². The molecule has 2 aliphatic rings. The fraction of sp³-hybridized carbons (Fsp3) is 0.420. The van der Waals surface area contributed by atoms with Gasteiger partial charge in [-0.15, -0.1) is 0 Å². The van der Waals surface area contributed by atoms with Crippen LogP contribution in [0.3, 0.4) is 0 Å². The van der Waals surface area contributed by atoms with E-state index in [1.807, 2.05) is 43.1 Å². The summed E-state index contributed by atoms with van der Waals surface area (Å²) in [6.07, 6.45) is 0.816. The van der Waals surface area contributed by atoms with E-state index in [4.69, 9.17) is 34.3 Å². The van der Waals surface area contributed by atoms with Crippen molar-refractivity contribution in [3.63, 3.8) is 0 Å². The normalized spacial score (nSPS) is 18.0. The number of hydrogen-bond donors (Lipinski definition) is 8. The van der Waals surface area contributed by atoms with E-state index in [0.29, 0.717) is 48.3 Å². The second kappa shape index (κ2) is 29.3. The lowest BCUT2D eigenvalue weighted by Crippen LogP contribution is -2.35. The summed E-state index contributed by atoms with van der Waals surface area (Å²) in [7, 11) is -14.5. The summed E-state index contributed by atoms with van der Waals surface area (Å²) in [5, 5.41) is 20.5. The Hall–Kier alpha value is -5.92. The number of rotatable bonds is 28. The van der Waals surface area contributed by atoms with Gasteiger partial charge >= 0.3 is 35.1 Å². The van der Waals surface area contributed by atoms with Gasteiger partial charge in [-0.05, 0) is 114 Å². The maximum Gasteiger partial charge on any atom is 0.490 e. The van der Waals surface area contributed by atoms with Crippen LogP contribution in [0.5, 0.6) is 11.5 Å². The molecule has 6 atom stereocenters. The van der Waals surface area contributed by atoms with Gasteiger partial charge in [0, 0.05) is 71.7 Å². The number of carbonyl (C=O) groups is 3. The molecule has 8 N–H and O–H groups in total. The molecule has 6 rings (SSSR count). The molecule has 27 nitrogen and oxygen atoms in total. The van der Waals surface area contributed by atoms with Crippen LogP contribution in [0.25, 0.3) is 22.1 Å². The minimum atomic E-state index is -5.92. The van der Waals surface area contributed by atoms with Crippen LogP contribution in [0.1, 0.15) is 113 Å². The number of hydrogen-bond acceptors (Lipinski definition) is 18. The molecule has 83 heavy (non-hydrogen) atoms. The summed E-state index contributed by atoms with van der Waals surface area (Å²) in [4.78, 5) is 106. The highest BCUT2D eigenvalue weighted by Crippen LogP contribution is 2.66. The molecule has 0 aliphatic carbocycles. The Kier molecular flexibility index (Phi) is 23.3. The van der Waals surface area contributed by atoms with Crippen molar-refractivity contribution in [2.24, 2.45) is 5.11 Å². The summed E-state index contributed by atoms with van der Waals surface area (Å²) >= 11 is 0. The topological polar surface area (TPSA) is 396 Å². The quantitative estimate of drug-likeness (QED) is 0.00311. The SMILES string of the molecule is CC/C=c1/cc2c(cc1C)=C(c1cc(C(=O)NCCSSCOCCCC(=O)NCC#Cc3cn([C@H]4C[C@@H](O[C@](C)(F)N=[N+]=[N-])[C@@H](COP(=O)(O)OP(=O)(O)OP(=O)(O)O)O4)c(=O)[nH]c3=O)ccc1C(=O)O)c1cc(C)c(CCC)cc1O2. The van der Waals surface area contributed by atoms with Crippen molar-refractivity contribution in [1.82, 2.24) is 20.2 Å². The largest absolute Gasteiger partial charge is 0.490 e. The molecule has 448 valence electrons. The second-order valence-corrected chi connectivity index (χ2v) is 25.4. The number of aromatic nitrogens is 2. The van der Waals surface area contributed by atoms with Crippen molar-refractivity contribution < 1.29 is 89.2 Å². The first-order chi connectivity index (χ1) is 39.1. The molecule has 1 saturated heterocycles. The van der Waals surface area contributed by atoms with Gasteiger partial charge in [-0.1, -0.05) is 59.8 Å². The zero-order valence-corrected chi connectivity index (χ0v) is 49.4. The molecule has 4 aromatic rings. The lowest BCUT2D eigenvalue weighted by molar-refractivity contribution is -0.178. The molecule has 0 radical (unpaired) electrons. The van der Waals surface area contributed by atoms with Crippen molar-refractivity contribution in [3.05, 3.63) is 135 Å². The van der Waals surface area contributed by atoms with Crippen LogP contribution in [0.15, 0.2) is 63.4 Å². The van der Waals surface area contributed by atoms with E-state index >= 15 is 0 Å². The highest BCUT2D eigenvalue weighted by atomic mass is 33.1. The molecule has 0 spiro atoms. The third-order valence-electron chi connectivity index (χ3n) is 12.1. The summed E-state index contributed by atoms with van der Waals surface area (Å²) in [5.41, 5.74) is 11.7. The molecule has 0 saturated carbocycles. The number of fused-ring (bicyclic) bond motifs is 2. The van der Waals surface area contributed by atoms with Crippen LogP contribution >= 0.6 is 45.1 Å². The molecular weight excluding hydrogens is 1190 g/mol. The lowest BCUT2D eigenvalue weighted by Gasteiger charge is -2.24. The van der Waals surface area contributed by atoms with Crippen molar-refractivity contribution >= 4 is 74.5 Å². The van der Waals surface area contributed by atoms with Gasteiger partial charge in [0.05, 0.1) is 24.8 Å². The number of benzene rings is 3. The number of nitrogens with zero attached hydrogens (tertiary/aromatic N) is 4. The minimum absolute atomic E-state index is 0.0417. The Labute approximate surface area is 480 Å². The van der Waals surface area contributed by atoms with Gasteiger partial charge in [0.2, 0.25) is 5.91 Å². The van der Waals surface area contributed by atoms with Crippen LogP contribution in [0.2, 0.25) is 0 Å². The number of aryl methyl sites for hydroxylation is 3. The molecule has 3 heterocycles. The third-order valence-corrected chi connectivity index (χ3v) is 18.0. The van der Waals surface area contributed by atoms with E-state index in [9.17, 15) is 57.0 Å². The molecule has 1 aromatic heterocycles. The molecular formula is C50H59FN7O20P3S2. The number of ether oxygens (including phenoxy) is 4. The minimum Gasteiger partial charge on any atom is -0.478 e. The molecule has 3 aromatic carbocycles. The Morgan fingerprint density at radius 1 is 1.01 bits per heavy atom. The summed E-state index contributed by atoms with van der Waals surface area (Å²) < 4.78 is 85.6. The van der Waals surface area contributed by atoms with E-state index in [0.717, 1.165) is 62.7 Å². The summed E-state index contributed by atoms with van der Waals surface area (Å²) in [6.45, 7) is 7.99. The predicted molar refractivity (Wildman–Crippen MR) is 301 cm³/mol. The Morgan fingerprint density at radius 3 is 2.47 bits per heavy atom. The second-order valence-electron chi connectivity index (χ2n) is 18.5. The maximum absolute atomic E-state index is 14.9. The number of aromatic amines is 1. The highest BCUT2D eigenvalue weighted by molar-refractivity contribution is 8.76. The number of carboxylic acids is 1. The maximum atomic E-state index is 14.9. The van der Waals surface area contributed by atoms with E-state index in [2.05, 4.69) is 65.6 Å².